The van der Waals surface area contributed by atoms with E-state index in [1.807, 2.05) is 26.8 Å². The Morgan fingerprint density at radius 3 is 2.16 bits per heavy atom. The van der Waals surface area contributed by atoms with Gasteiger partial charge in [0.1, 0.15) is 0 Å². The lowest BCUT2D eigenvalue weighted by molar-refractivity contribution is -0.135. The van der Waals surface area contributed by atoms with Crippen LogP contribution in [0.1, 0.15) is 12.8 Å². The minimum absolute atomic E-state index is 0.0578. The number of carbonyl (C=O) groups excluding carboxylic acids is 1. The molecule has 0 bridgehead atoms. The minimum atomic E-state index is -1.73. The van der Waals surface area contributed by atoms with Gasteiger partial charge in [-0.05, 0) is 58.8 Å². The van der Waals surface area contributed by atoms with Crippen LogP contribution in [0.25, 0.3) is 0 Å². The summed E-state index contributed by atoms with van der Waals surface area (Å²) in [5.41, 5.74) is 0. The lowest BCUT2D eigenvalue weighted by Crippen LogP contribution is -2.32. The summed E-state index contributed by atoms with van der Waals surface area (Å²) in [7, 11) is 0.707. The van der Waals surface area contributed by atoms with Gasteiger partial charge in [0.15, 0.2) is 8.32 Å². The maximum absolute atomic E-state index is 11.6. The summed E-state index contributed by atoms with van der Waals surface area (Å²) in [6.07, 6.45) is 1.62. The standard InChI is InChI=1S/C13H31NO3Si2/c1-14(10-8-12-19(6,7)16-2)11-9-13(15)17-18(3,4)5/h8-12H2,1-7H3. The Morgan fingerprint density at radius 1 is 1.11 bits per heavy atom. The average Bonchev–Trinajstić information content (AvgIpc) is 2.24. The molecule has 0 aliphatic rings. The Bertz CT molecular complexity index is 278. The maximum Gasteiger partial charge on any atom is 0.293 e. The molecule has 0 aromatic heterocycles. The largest absolute Gasteiger partial charge is 0.520 e. The van der Waals surface area contributed by atoms with Crippen LogP contribution in [0, 0.1) is 0 Å². The number of hydrogen-bond acceptors (Lipinski definition) is 4. The van der Waals surface area contributed by atoms with Crippen LogP contribution in [0.15, 0.2) is 0 Å². The molecule has 0 aromatic rings. The van der Waals surface area contributed by atoms with E-state index < -0.39 is 16.6 Å². The molecule has 4 nitrogen and oxygen atoms in total. The predicted octanol–water partition coefficient (Wildman–Crippen LogP) is 2.93. The number of rotatable bonds is 9. The zero-order valence-corrected chi connectivity index (χ0v) is 15.7. The molecule has 0 atom stereocenters. The zero-order chi connectivity index (χ0) is 15.1. The Morgan fingerprint density at radius 2 is 1.68 bits per heavy atom. The van der Waals surface area contributed by atoms with Crippen molar-refractivity contribution in [2.24, 2.45) is 0 Å². The van der Waals surface area contributed by atoms with Crippen LogP contribution < -0.4 is 0 Å². The van der Waals surface area contributed by atoms with Crippen molar-refractivity contribution < 1.29 is 13.6 Å². The van der Waals surface area contributed by atoms with Gasteiger partial charge < -0.3 is 13.8 Å². The third-order valence-corrected chi connectivity index (χ3v) is 6.49. The van der Waals surface area contributed by atoms with Gasteiger partial charge in [-0.1, -0.05) is 0 Å². The van der Waals surface area contributed by atoms with Crippen molar-refractivity contribution in [1.29, 1.82) is 0 Å². The van der Waals surface area contributed by atoms with E-state index >= 15 is 0 Å². The van der Waals surface area contributed by atoms with Crippen molar-refractivity contribution in [2.45, 2.75) is 51.6 Å². The van der Waals surface area contributed by atoms with Gasteiger partial charge in [-0.25, -0.2) is 0 Å². The van der Waals surface area contributed by atoms with Gasteiger partial charge in [-0.2, -0.15) is 0 Å². The molecule has 0 spiro atoms. The Balaban J connectivity index is 3.76. The van der Waals surface area contributed by atoms with Crippen molar-refractivity contribution in [3.63, 3.8) is 0 Å². The van der Waals surface area contributed by atoms with E-state index in [0.717, 1.165) is 25.6 Å². The Kier molecular flexibility index (Phi) is 8.11. The van der Waals surface area contributed by atoms with Gasteiger partial charge >= 0.3 is 0 Å². The quantitative estimate of drug-likeness (QED) is 0.614. The summed E-state index contributed by atoms with van der Waals surface area (Å²) in [4.78, 5) is 13.8. The van der Waals surface area contributed by atoms with E-state index in [4.69, 9.17) is 8.85 Å². The van der Waals surface area contributed by atoms with Crippen LogP contribution in [0.3, 0.4) is 0 Å². The maximum atomic E-state index is 11.6. The molecule has 0 fully saturated rings. The fourth-order valence-electron chi connectivity index (χ4n) is 1.66. The van der Waals surface area contributed by atoms with Crippen molar-refractivity contribution in [2.75, 3.05) is 27.2 Å². The van der Waals surface area contributed by atoms with Gasteiger partial charge in [-0.15, -0.1) is 0 Å². The van der Waals surface area contributed by atoms with Crippen molar-refractivity contribution in [3.8, 4) is 0 Å². The number of carbonyl (C=O) groups is 1. The summed E-state index contributed by atoms with van der Waals surface area (Å²) >= 11 is 0. The second-order valence-electron chi connectivity index (χ2n) is 6.71. The zero-order valence-electron chi connectivity index (χ0n) is 13.7. The Labute approximate surface area is 120 Å². The first kappa shape index (κ1) is 18.8. The minimum Gasteiger partial charge on any atom is -0.520 e. The molecule has 0 N–H and O–H groups in total. The molecular weight excluding hydrogens is 274 g/mol. The SMILES string of the molecule is CO[Si](C)(C)CCCN(C)CCC(=O)O[Si](C)(C)C. The van der Waals surface area contributed by atoms with Crippen molar-refractivity contribution in [1.82, 2.24) is 4.90 Å². The molecule has 0 saturated carbocycles. The molecule has 0 aliphatic carbocycles. The second-order valence-corrected chi connectivity index (χ2v) is 15.6. The first-order valence-electron chi connectivity index (χ1n) is 7.01. The number of nitrogens with zero attached hydrogens (tertiary/aromatic N) is 1. The van der Waals surface area contributed by atoms with Crippen molar-refractivity contribution >= 4 is 22.6 Å². The fraction of sp³-hybridized carbons (Fsp3) is 0.923. The predicted molar refractivity (Wildman–Crippen MR) is 85.5 cm³/mol. The molecule has 0 rings (SSSR count). The normalized spacial score (nSPS) is 12.8. The average molecular weight is 306 g/mol. The fourth-order valence-corrected chi connectivity index (χ4v) is 3.66. The van der Waals surface area contributed by atoms with E-state index in [-0.39, 0.29) is 5.97 Å². The highest BCUT2D eigenvalue weighted by Crippen LogP contribution is 2.12. The van der Waals surface area contributed by atoms with E-state index in [9.17, 15) is 4.79 Å². The molecular formula is C13H31NO3Si2. The highest BCUT2D eigenvalue weighted by atomic mass is 28.4. The highest BCUT2D eigenvalue weighted by Gasteiger charge is 2.21. The van der Waals surface area contributed by atoms with Crippen LogP contribution in [-0.4, -0.2) is 54.8 Å². The van der Waals surface area contributed by atoms with Crippen LogP contribution in [0.4, 0.5) is 0 Å². The first-order valence-corrected chi connectivity index (χ1v) is 13.5. The molecule has 0 radical (unpaired) electrons. The molecule has 114 valence electrons. The van der Waals surface area contributed by atoms with Crippen LogP contribution in [0.2, 0.25) is 38.8 Å². The first-order chi connectivity index (χ1) is 8.56. The van der Waals surface area contributed by atoms with Gasteiger partial charge in [0.25, 0.3) is 5.97 Å². The molecule has 0 heterocycles. The van der Waals surface area contributed by atoms with Crippen LogP contribution in [0.5, 0.6) is 0 Å². The van der Waals surface area contributed by atoms with E-state index in [0.29, 0.717) is 6.42 Å². The lowest BCUT2D eigenvalue weighted by atomic mass is 10.3. The Hall–Kier alpha value is -0.176. The molecule has 19 heavy (non-hydrogen) atoms. The van der Waals surface area contributed by atoms with Gasteiger partial charge in [0.05, 0.1) is 6.42 Å². The lowest BCUT2D eigenvalue weighted by Gasteiger charge is -2.23. The third-order valence-electron chi connectivity index (χ3n) is 2.99. The molecule has 6 heteroatoms. The molecule has 0 unspecified atom stereocenters. The monoisotopic (exact) mass is 305 g/mol. The summed E-state index contributed by atoms with van der Waals surface area (Å²) in [5.74, 6) is -0.0578. The molecule has 0 aliphatic heterocycles. The van der Waals surface area contributed by atoms with Gasteiger partial charge in [-0.3, -0.25) is 4.79 Å². The topological polar surface area (TPSA) is 38.8 Å². The summed E-state index contributed by atoms with van der Waals surface area (Å²) < 4.78 is 10.9. The molecule has 0 saturated heterocycles. The van der Waals surface area contributed by atoms with Crippen molar-refractivity contribution in [3.05, 3.63) is 0 Å². The van der Waals surface area contributed by atoms with E-state index in [1.54, 1.807) is 0 Å². The third kappa shape index (κ3) is 11.4. The summed E-state index contributed by atoms with van der Waals surface area (Å²) in [6.45, 7) is 12.4. The molecule has 0 amide bonds. The number of hydrogen-bond donors (Lipinski definition) is 0. The smallest absolute Gasteiger partial charge is 0.293 e. The van der Waals surface area contributed by atoms with Crippen LogP contribution >= 0.6 is 0 Å². The molecule has 0 aromatic carbocycles. The summed E-state index contributed by atoms with van der Waals surface area (Å²) in [5, 5.41) is 0. The van der Waals surface area contributed by atoms with E-state index in [1.165, 1.54) is 0 Å². The second kappa shape index (κ2) is 8.19. The van der Waals surface area contributed by atoms with Crippen LogP contribution in [-0.2, 0) is 13.6 Å². The van der Waals surface area contributed by atoms with Gasteiger partial charge in [0.2, 0.25) is 8.32 Å². The highest BCUT2D eigenvalue weighted by molar-refractivity contribution is 6.71. The summed E-state index contributed by atoms with van der Waals surface area (Å²) in [6, 6.07) is 1.16. The van der Waals surface area contributed by atoms with E-state index in [2.05, 4.69) is 25.0 Å². The van der Waals surface area contributed by atoms with Gasteiger partial charge in [0, 0.05) is 13.7 Å².